The van der Waals surface area contributed by atoms with E-state index in [9.17, 15) is 14.4 Å². The van der Waals surface area contributed by atoms with Crippen LogP contribution in [0.3, 0.4) is 0 Å². The van der Waals surface area contributed by atoms with Crippen molar-refractivity contribution in [1.82, 2.24) is 9.97 Å². The summed E-state index contributed by atoms with van der Waals surface area (Å²) in [7, 11) is 4.44. The number of anilines is 3. The van der Waals surface area contributed by atoms with Gasteiger partial charge in [0.15, 0.2) is 16.6 Å². The number of rotatable bonds is 7. The highest BCUT2D eigenvalue weighted by Crippen LogP contribution is 2.47. The molecule has 0 radical (unpaired) electrons. The number of nitrogens with two attached hydrogens (primary N) is 2. The molecule has 1 amide bonds. The van der Waals surface area contributed by atoms with Gasteiger partial charge in [0.25, 0.3) is 5.91 Å². The van der Waals surface area contributed by atoms with E-state index in [2.05, 4.69) is 21.4 Å². The molecule has 0 aliphatic heterocycles. The highest BCUT2D eigenvalue weighted by Gasteiger charge is 2.26. The maximum atomic E-state index is 13.3. The molecule has 5 rings (SSSR count). The summed E-state index contributed by atoms with van der Waals surface area (Å²) < 4.78 is 29.7. The van der Waals surface area contributed by atoms with Crippen LogP contribution in [0.2, 0.25) is 0 Å². The maximum Gasteiger partial charge on any atom is 0.269 e. The number of ether oxygens (including phenoxy) is 3. The smallest absolute Gasteiger partial charge is 0.269 e. The molecule has 0 spiro atoms. The normalized spacial score (nSPS) is 10.8. The number of aromatic nitrogens is 2. The summed E-state index contributed by atoms with van der Waals surface area (Å²) in [5, 5.41) is 15.2. The van der Waals surface area contributed by atoms with Crippen LogP contribution in [0.5, 0.6) is 17.2 Å². The van der Waals surface area contributed by atoms with E-state index >= 15 is 0 Å². The Balaban J connectivity index is 1.60. The first-order valence-electron chi connectivity index (χ1n) is 11.5. The predicted molar refractivity (Wildman–Crippen MR) is 154 cm³/mol. The third-order valence-electron chi connectivity index (χ3n) is 6.04. The number of halogens is 1. The van der Waals surface area contributed by atoms with Crippen LogP contribution in [0, 0.1) is 17.1 Å². The van der Waals surface area contributed by atoms with Gasteiger partial charge in [0.2, 0.25) is 5.75 Å². The molecule has 3 aromatic heterocycles. The van der Waals surface area contributed by atoms with Crippen molar-refractivity contribution in [3.8, 4) is 45.7 Å². The lowest BCUT2D eigenvalue weighted by molar-refractivity contribution is 0.103. The number of thiophene rings is 1. The molecule has 5 aromatic rings. The van der Waals surface area contributed by atoms with Gasteiger partial charge in [-0.15, -0.1) is 22.7 Å². The zero-order valence-electron chi connectivity index (χ0n) is 21.4. The molecular formula is C27H21FN6O4S2. The number of hydrogen-bond donors (Lipinski definition) is 3. The molecule has 0 bridgehead atoms. The van der Waals surface area contributed by atoms with Crippen LogP contribution in [0.25, 0.3) is 32.6 Å². The molecule has 5 N–H and O–H groups in total. The molecule has 202 valence electrons. The number of carbonyl (C=O) groups excluding carboxylic acids is 1. The molecule has 0 fully saturated rings. The molecule has 40 heavy (non-hydrogen) atoms. The Morgan fingerprint density at radius 1 is 1.02 bits per heavy atom. The van der Waals surface area contributed by atoms with Gasteiger partial charge in [-0.05, 0) is 42.0 Å². The van der Waals surface area contributed by atoms with Crippen LogP contribution in [-0.4, -0.2) is 37.2 Å². The number of amides is 1. The van der Waals surface area contributed by atoms with E-state index < -0.39 is 5.91 Å². The summed E-state index contributed by atoms with van der Waals surface area (Å²) in [4.78, 5) is 22.6. The Bertz CT molecular complexity index is 1790. The van der Waals surface area contributed by atoms with Crippen molar-refractivity contribution in [3.05, 3.63) is 58.0 Å². The molecule has 0 saturated heterocycles. The molecule has 3 heterocycles. The largest absolute Gasteiger partial charge is 0.493 e. The van der Waals surface area contributed by atoms with Gasteiger partial charge >= 0.3 is 0 Å². The zero-order chi connectivity index (χ0) is 28.6. The minimum absolute atomic E-state index is 0.0178. The van der Waals surface area contributed by atoms with Gasteiger partial charge in [-0.25, -0.2) is 14.4 Å². The molecular weight excluding hydrogens is 555 g/mol. The van der Waals surface area contributed by atoms with Gasteiger partial charge in [-0.1, -0.05) is 0 Å². The van der Waals surface area contributed by atoms with Crippen molar-refractivity contribution in [2.24, 2.45) is 0 Å². The van der Waals surface area contributed by atoms with E-state index in [0.717, 1.165) is 11.3 Å². The average Bonchev–Trinajstić information content (AvgIpc) is 3.55. The number of carbonyl (C=O) groups is 1. The predicted octanol–water partition coefficient (Wildman–Crippen LogP) is 5.54. The minimum atomic E-state index is -0.506. The van der Waals surface area contributed by atoms with Crippen molar-refractivity contribution in [2.45, 2.75) is 0 Å². The fourth-order valence-electron chi connectivity index (χ4n) is 4.20. The van der Waals surface area contributed by atoms with Gasteiger partial charge in [-0.3, -0.25) is 10.1 Å². The van der Waals surface area contributed by atoms with Crippen LogP contribution in [-0.2, 0) is 0 Å². The molecule has 10 nitrogen and oxygen atoms in total. The number of fused-ring (bicyclic) bond motifs is 1. The number of benzene rings is 2. The number of methoxy groups -OCH3 is 3. The van der Waals surface area contributed by atoms with E-state index in [-0.39, 0.29) is 27.8 Å². The Morgan fingerprint density at radius 3 is 2.30 bits per heavy atom. The number of thiazole rings is 1. The summed E-state index contributed by atoms with van der Waals surface area (Å²) in [6.07, 6.45) is 0. The van der Waals surface area contributed by atoms with Crippen LogP contribution in [0.4, 0.5) is 21.0 Å². The second kappa shape index (κ2) is 10.7. The summed E-state index contributed by atoms with van der Waals surface area (Å²) in [5.74, 6) is 0.206. The minimum Gasteiger partial charge on any atom is -0.493 e. The summed E-state index contributed by atoms with van der Waals surface area (Å²) >= 11 is 2.25. The third-order valence-corrected chi connectivity index (χ3v) is 7.90. The second-order valence-electron chi connectivity index (χ2n) is 8.30. The topological polar surface area (TPSA) is 158 Å². The van der Waals surface area contributed by atoms with Crippen LogP contribution in [0.1, 0.15) is 15.2 Å². The lowest BCUT2D eigenvalue weighted by Gasteiger charge is -2.16. The van der Waals surface area contributed by atoms with E-state index in [1.807, 2.05) is 0 Å². The first-order valence-corrected chi connectivity index (χ1v) is 13.2. The standard InChI is InChI=1S/C27H21FN6O4S2/c1-36-17-8-13(9-18(37-2)22(17)38-3)19-15(10-29)24(31)33-26-20(19)21(30)23(40-26)25(35)34-27-32-16(11-39-27)12-4-6-14(28)7-5-12/h4-9,11H,30H2,1-3H3,(H2,31,33)(H,32,34,35). The quantitative estimate of drug-likeness (QED) is 0.226. The van der Waals surface area contributed by atoms with Gasteiger partial charge in [0.05, 0.1) is 32.7 Å². The number of nitrogens with one attached hydrogen (secondary N) is 1. The van der Waals surface area contributed by atoms with Crippen LogP contribution in [0.15, 0.2) is 41.8 Å². The Kier molecular flexibility index (Phi) is 7.12. The fraction of sp³-hybridized carbons (Fsp3) is 0.111. The summed E-state index contributed by atoms with van der Waals surface area (Å²) in [5.41, 5.74) is 15.1. The average molecular weight is 577 g/mol. The molecule has 0 aliphatic rings. The van der Waals surface area contributed by atoms with E-state index in [0.29, 0.717) is 55.0 Å². The number of pyridine rings is 1. The van der Waals surface area contributed by atoms with Gasteiger partial charge in [0.1, 0.15) is 33.0 Å². The van der Waals surface area contributed by atoms with E-state index in [1.54, 1.807) is 29.6 Å². The number of nitrogens with zero attached hydrogens (tertiary/aromatic N) is 3. The van der Waals surface area contributed by atoms with Gasteiger partial charge in [0, 0.05) is 21.9 Å². The van der Waals surface area contributed by atoms with E-state index in [4.69, 9.17) is 25.7 Å². The zero-order valence-corrected chi connectivity index (χ0v) is 23.0. The van der Waals surface area contributed by atoms with Gasteiger partial charge in [-0.2, -0.15) is 5.26 Å². The fourth-order valence-corrected chi connectivity index (χ4v) is 5.93. The molecule has 0 saturated carbocycles. The van der Waals surface area contributed by atoms with E-state index in [1.165, 1.54) is 44.8 Å². The SMILES string of the molecule is COc1cc(-c2c(C#N)c(N)nc3sc(C(=O)Nc4nc(-c5ccc(F)cc5)cs4)c(N)c23)cc(OC)c1OC. The van der Waals surface area contributed by atoms with Crippen molar-refractivity contribution in [2.75, 3.05) is 38.1 Å². The monoisotopic (exact) mass is 576 g/mol. The number of nitrogen functional groups attached to an aromatic ring is 2. The molecule has 0 aliphatic carbocycles. The summed E-state index contributed by atoms with van der Waals surface area (Å²) in [6, 6.07) is 11.3. The van der Waals surface area contributed by atoms with Crippen molar-refractivity contribution in [1.29, 1.82) is 5.26 Å². The number of hydrogen-bond acceptors (Lipinski definition) is 11. The maximum absolute atomic E-state index is 13.3. The summed E-state index contributed by atoms with van der Waals surface area (Å²) in [6.45, 7) is 0. The second-order valence-corrected chi connectivity index (χ2v) is 10.2. The Morgan fingerprint density at radius 2 is 1.70 bits per heavy atom. The van der Waals surface area contributed by atoms with Gasteiger partial charge < -0.3 is 25.7 Å². The highest BCUT2D eigenvalue weighted by atomic mass is 32.1. The lowest BCUT2D eigenvalue weighted by atomic mass is 9.96. The van der Waals surface area contributed by atoms with Crippen LogP contribution >= 0.6 is 22.7 Å². The lowest BCUT2D eigenvalue weighted by Crippen LogP contribution is -2.11. The highest BCUT2D eigenvalue weighted by molar-refractivity contribution is 7.21. The molecule has 0 atom stereocenters. The van der Waals surface area contributed by atoms with Crippen molar-refractivity contribution >= 4 is 55.4 Å². The molecule has 2 aromatic carbocycles. The number of nitriles is 1. The third kappa shape index (κ3) is 4.59. The first kappa shape index (κ1) is 26.7. The van der Waals surface area contributed by atoms with Crippen molar-refractivity contribution < 1.29 is 23.4 Å². The first-order chi connectivity index (χ1) is 19.3. The molecule has 13 heteroatoms. The van der Waals surface area contributed by atoms with Crippen LogP contribution < -0.4 is 31.0 Å². The Labute approximate surface area is 235 Å². The van der Waals surface area contributed by atoms with Crippen molar-refractivity contribution in [3.63, 3.8) is 0 Å². The molecule has 0 unspecified atom stereocenters. The Hall–Kier alpha value is -4.93.